The number of aryl methyl sites for hydroxylation is 1. The highest BCUT2D eigenvalue weighted by Crippen LogP contribution is 2.21. The molecule has 1 aliphatic rings. The third kappa shape index (κ3) is 1.18. The van der Waals surface area contributed by atoms with E-state index in [1.807, 2.05) is 24.3 Å². The van der Waals surface area contributed by atoms with Crippen molar-refractivity contribution in [2.24, 2.45) is 0 Å². The quantitative estimate of drug-likeness (QED) is 0.625. The van der Waals surface area contributed by atoms with Crippen LogP contribution in [0.25, 0.3) is 11.0 Å². The van der Waals surface area contributed by atoms with Crippen LogP contribution in [0, 0.1) is 6.42 Å². The maximum atomic E-state index is 4.59. The van der Waals surface area contributed by atoms with Crippen molar-refractivity contribution < 1.29 is 0 Å². The van der Waals surface area contributed by atoms with Crippen molar-refractivity contribution in [3.05, 3.63) is 42.1 Å². The van der Waals surface area contributed by atoms with Crippen LogP contribution in [0.5, 0.6) is 0 Å². The SMILES string of the molecule is [C]1CCCc2nc3ccccc3nc21. The van der Waals surface area contributed by atoms with Crippen LogP contribution in [0.2, 0.25) is 0 Å². The van der Waals surface area contributed by atoms with Crippen LogP contribution in [-0.2, 0) is 6.42 Å². The molecule has 2 nitrogen and oxygen atoms in total. The molecule has 0 bridgehead atoms. The third-order valence-electron chi connectivity index (χ3n) is 2.53. The molecule has 0 saturated heterocycles. The second-order valence-electron chi connectivity index (χ2n) is 3.54. The Hall–Kier alpha value is -1.44. The van der Waals surface area contributed by atoms with E-state index in [4.69, 9.17) is 0 Å². The minimum absolute atomic E-state index is 0.968. The Kier molecular flexibility index (Phi) is 1.72. The molecule has 1 aromatic carbocycles. The molecular weight excluding hydrogens is 172 g/mol. The molecule has 68 valence electrons. The monoisotopic (exact) mass is 182 g/mol. The fraction of sp³-hybridized carbons (Fsp3) is 0.250. The smallest absolute Gasteiger partial charge is 0.0890 e. The molecule has 2 radical (unpaired) electrons. The lowest BCUT2D eigenvalue weighted by molar-refractivity contribution is 0.741. The minimum atomic E-state index is 0.968. The van der Waals surface area contributed by atoms with Gasteiger partial charge in [0.25, 0.3) is 0 Å². The molecule has 0 amide bonds. The normalized spacial score (nSPS) is 15.4. The Bertz CT molecular complexity index is 432. The Labute approximate surface area is 83.0 Å². The number of nitrogens with zero attached hydrogens (tertiary/aromatic N) is 2. The molecular formula is C12H10N2. The Morgan fingerprint density at radius 3 is 2.71 bits per heavy atom. The summed E-state index contributed by atoms with van der Waals surface area (Å²) in [5, 5.41) is 0. The summed E-state index contributed by atoms with van der Waals surface area (Å²) in [6.07, 6.45) is 6.49. The lowest BCUT2D eigenvalue weighted by Crippen LogP contribution is -2.06. The molecule has 2 aromatic rings. The largest absolute Gasteiger partial charge is 0.249 e. The summed E-state index contributed by atoms with van der Waals surface area (Å²) in [5.41, 5.74) is 4.04. The van der Waals surface area contributed by atoms with Gasteiger partial charge in [-0.2, -0.15) is 0 Å². The van der Waals surface area contributed by atoms with Gasteiger partial charge in [-0.25, -0.2) is 9.97 Å². The van der Waals surface area contributed by atoms with Gasteiger partial charge in [-0.1, -0.05) is 12.1 Å². The number of rotatable bonds is 0. The summed E-state index contributed by atoms with van der Waals surface area (Å²) >= 11 is 0. The van der Waals surface area contributed by atoms with Crippen molar-refractivity contribution in [1.82, 2.24) is 9.97 Å². The summed E-state index contributed by atoms with van der Waals surface area (Å²) in [5.74, 6) is 0. The average Bonchev–Trinajstić information content (AvgIpc) is 2.26. The van der Waals surface area contributed by atoms with Crippen molar-refractivity contribution in [2.45, 2.75) is 19.3 Å². The van der Waals surface area contributed by atoms with Gasteiger partial charge in [0.1, 0.15) is 0 Å². The number of aromatic nitrogens is 2. The van der Waals surface area contributed by atoms with Crippen molar-refractivity contribution in [1.29, 1.82) is 0 Å². The zero-order valence-electron chi connectivity index (χ0n) is 7.83. The summed E-state index contributed by atoms with van der Waals surface area (Å²) in [4.78, 5) is 9.13. The van der Waals surface area contributed by atoms with E-state index in [0.717, 1.165) is 41.7 Å². The van der Waals surface area contributed by atoms with Crippen LogP contribution in [0.15, 0.2) is 24.3 Å². The van der Waals surface area contributed by atoms with Crippen LogP contribution < -0.4 is 0 Å². The molecule has 14 heavy (non-hydrogen) atoms. The fourth-order valence-electron chi connectivity index (χ4n) is 1.82. The molecule has 0 unspecified atom stereocenters. The first-order valence-electron chi connectivity index (χ1n) is 4.93. The second kappa shape index (κ2) is 3.05. The first-order valence-corrected chi connectivity index (χ1v) is 4.93. The van der Waals surface area contributed by atoms with Crippen LogP contribution >= 0.6 is 0 Å². The molecule has 0 atom stereocenters. The lowest BCUT2D eigenvalue weighted by atomic mass is 10.0. The van der Waals surface area contributed by atoms with E-state index < -0.39 is 0 Å². The predicted molar refractivity (Wildman–Crippen MR) is 54.8 cm³/mol. The first kappa shape index (κ1) is 7.92. The van der Waals surface area contributed by atoms with E-state index in [9.17, 15) is 0 Å². The Morgan fingerprint density at radius 2 is 1.86 bits per heavy atom. The zero-order chi connectivity index (χ0) is 9.38. The number of hydrogen-bond donors (Lipinski definition) is 0. The van der Waals surface area contributed by atoms with Crippen LogP contribution in [0.4, 0.5) is 0 Å². The standard InChI is InChI=1S/C12H10N2/c1-2-6-10-9(5-1)13-11-7-3-4-8-12(11)14-10/h1-2,5-6H,3-4,7H2. The Balaban J connectivity index is 2.27. The van der Waals surface area contributed by atoms with E-state index in [1.54, 1.807) is 0 Å². The molecule has 2 heteroatoms. The number of hydrogen-bond acceptors (Lipinski definition) is 2. The average molecular weight is 182 g/mol. The van der Waals surface area contributed by atoms with Crippen molar-refractivity contribution in [3.8, 4) is 0 Å². The van der Waals surface area contributed by atoms with E-state index in [-0.39, 0.29) is 0 Å². The summed E-state index contributed by atoms with van der Waals surface area (Å²) in [6, 6.07) is 8.00. The van der Waals surface area contributed by atoms with Crippen molar-refractivity contribution >= 4 is 11.0 Å². The summed E-state index contributed by atoms with van der Waals surface area (Å²) in [6.45, 7) is 0. The predicted octanol–water partition coefficient (Wildman–Crippen LogP) is 2.40. The van der Waals surface area contributed by atoms with Crippen LogP contribution in [0.1, 0.15) is 24.2 Å². The molecule has 0 aliphatic heterocycles. The van der Waals surface area contributed by atoms with Gasteiger partial charge in [-0.15, -0.1) is 0 Å². The van der Waals surface area contributed by atoms with Gasteiger partial charge in [-0.3, -0.25) is 0 Å². The molecule has 0 fully saturated rings. The number of fused-ring (bicyclic) bond motifs is 2. The molecule has 0 spiro atoms. The summed E-state index contributed by atoms with van der Waals surface area (Å²) < 4.78 is 0. The first-order chi connectivity index (χ1) is 6.93. The van der Waals surface area contributed by atoms with Gasteiger partial charge in [-0.05, 0) is 31.4 Å². The van der Waals surface area contributed by atoms with Crippen LogP contribution in [0.3, 0.4) is 0 Å². The van der Waals surface area contributed by atoms with E-state index in [0.29, 0.717) is 0 Å². The van der Waals surface area contributed by atoms with Gasteiger partial charge in [0, 0.05) is 6.42 Å². The van der Waals surface area contributed by atoms with Crippen molar-refractivity contribution in [2.75, 3.05) is 0 Å². The van der Waals surface area contributed by atoms with Gasteiger partial charge < -0.3 is 0 Å². The van der Waals surface area contributed by atoms with Gasteiger partial charge in [0.2, 0.25) is 0 Å². The van der Waals surface area contributed by atoms with Gasteiger partial charge >= 0.3 is 0 Å². The molecule has 1 aromatic heterocycles. The molecule has 1 heterocycles. The van der Waals surface area contributed by atoms with Crippen molar-refractivity contribution in [3.63, 3.8) is 0 Å². The number of para-hydroxylation sites is 2. The second-order valence-corrected chi connectivity index (χ2v) is 3.54. The number of benzene rings is 1. The lowest BCUT2D eigenvalue weighted by Gasteiger charge is -2.13. The fourth-order valence-corrected chi connectivity index (χ4v) is 1.82. The van der Waals surface area contributed by atoms with Gasteiger partial charge in [0.15, 0.2) is 0 Å². The minimum Gasteiger partial charge on any atom is -0.249 e. The van der Waals surface area contributed by atoms with Crippen LogP contribution in [-0.4, -0.2) is 9.97 Å². The maximum absolute atomic E-state index is 4.59. The van der Waals surface area contributed by atoms with E-state index in [1.165, 1.54) is 0 Å². The van der Waals surface area contributed by atoms with E-state index in [2.05, 4.69) is 16.4 Å². The maximum Gasteiger partial charge on any atom is 0.0890 e. The topological polar surface area (TPSA) is 25.8 Å². The highest BCUT2D eigenvalue weighted by atomic mass is 14.8. The van der Waals surface area contributed by atoms with Gasteiger partial charge in [0.05, 0.1) is 22.4 Å². The molecule has 0 saturated carbocycles. The molecule has 0 N–H and O–H groups in total. The third-order valence-corrected chi connectivity index (χ3v) is 2.53. The highest BCUT2D eigenvalue weighted by molar-refractivity contribution is 5.74. The molecule has 3 rings (SSSR count). The highest BCUT2D eigenvalue weighted by Gasteiger charge is 2.13. The summed E-state index contributed by atoms with van der Waals surface area (Å²) in [7, 11) is 0. The molecule has 1 aliphatic carbocycles. The van der Waals surface area contributed by atoms with E-state index >= 15 is 0 Å². The zero-order valence-corrected chi connectivity index (χ0v) is 7.83. The Morgan fingerprint density at radius 1 is 1.07 bits per heavy atom.